The van der Waals surface area contributed by atoms with Crippen molar-refractivity contribution < 1.29 is 128 Å². The number of ether oxygens (including phenoxy) is 14. The van der Waals surface area contributed by atoms with E-state index in [4.69, 9.17) is 72.0 Å². The van der Waals surface area contributed by atoms with Crippen LogP contribution in [-0.2, 0) is 117 Å². The molecule has 4 aliphatic heterocycles. The molecule has 2 aromatic carbocycles. The molecule has 788 valence electrons. The number of pyridine rings is 2. The van der Waals surface area contributed by atoms with Gasteiger partial charge in [-0.05, 0) is 163 Å². The van der Waals surface area contributed by atoms with Crippen molar-refractivity contribution in [3.05, 3.63) is 136 Å². The van der Waals surface area contributed by atoms with E-state index in [-0.39, 0.29) is 125 Å². The molecule has 3 amide bonds. The Hall–Kier alpha value is -10.2. The number of imidazole rings is 1. The van der Waals surface area contributed by atoms with Crippen LogP contribution in [0.5, 0.6) is 5.88 Å². The highest BCUT2D eigenvalue weighted by atomic mass is 19.4. The second kappa shape index (κ2) is 56.5. The number of nitrogens with zero attached hydrogens (tertiary/aromatic N) is 10. The van der Waals surface area contributed by atoms with Gasteiger partial charge in [0.15, 0.2) is 5.78 Å². The number of alkyl halides is 3. The minimum atomic E-state index is -4.77. The smallest absolute Gasteiger partial charge is 0.418 e. The first-order valence-corrected chi connectivity index (χ1v) is 49.9. The number of amides is 3. The maximum absolute atomic E-state index is 15.0. The predicted octanol–water partition coefficient (Wildman–Crippen LogP) is 9.72. The molecule has 8 heterocycles. The van der Waals surface area contributed by atoms with Crippen LogP contribution in [0.2, 0.25) is 0 Å². The van der Waals surface area contributed by atoms with Crippen molar-refractivity contribution in [2.45, 2.75) is 218 Å². The normalized spacial score (nSPS) is 25.6. The van der Waals surface area contributed by atoms with Gasteiger partial charge in [-0.3, -0.25) is 38.1 Å². The summed E-state index contributed by atoms with van der Waals surface area (Å²) in [4.78, 5) is 125. The van der Waals surface area contributed by atoms with Gasteiger partial charge in [-0.1, -0.05) is 81.0 Å². The van der Waals surface area contributed by atoms with Gasteiger partial charge in [-0.25, -0.2) is 24.0 Å². The molecule has 0 unspecified atom stereocenters. The lowest BCUT2D eigenvalue weighted by Crippen LogP contribution is -2.61. The van der Waals surface area contributed by atoms with Gasteiger partial charge in [0.1, 0.15) is 30.1 Å². The van der Waals surface area contributed by atoms with E-state index in [1.165, 1.54) is 48.5 Å². The number of hydrogen-bond donors (Lipinski definition) is 5. The number of aromatic nitrogens is 7. The van der Waals surface area contributed by atoms with Gasteiger partial charge in [0, 0.05) is 119 Å². The molecular weight excluding hydrogens is 1860 g/mol. The number of carbonyl (C=O) groups excluding carboxylic acids is 7. The molecule has 11 rings (SSSR count). The Kier molecular flexibility index (Phi) is 44.7. The summed E-state index contributed by atoms with van der Waals surface area (Å²) in [6.07, 6.45) is 10.3. The van der Waals surface area contributed by atoms with Crippen LogP contribution in [0.4, 0.5) is 23.7 Å². The number of fused-ring (bicyclic) bond motifs is 6. The fraction of sp³-hybridized carbons (Fsp3) is 0.631. The van der Waals surface area contributed by atoms with Crippen LogP contribution in [0.15, 0.2) is 120 Å². The van der Waals surface area contributed by atoms with Gasteiger partial charge < -0.3 is 107 Å². The van der Waals surface area contributed by atoms with Crippen LogP contribution in [0.3, 0.4) is 0 Å². The molecule has 4 aromatic heterocycles. The number of allylic oxidation sites excluding steroid dienone is 6. The standard InChI is InChI=1S/C103H145F3N12O25/c1-67-18-12-11-13-19-68(2)83(110-100(127)132-10)62-78-27-22-72(6)102(129,143-78)97(124)98(125)117-33-16-14-21-85(117)99(126)142-89(63-87(119)69(3)57-71(5)95(122)96(123)94(121)70(4)56-67)81(107)58-73-23-30-88(90(59-73)130-8)141-39-17-15-20-76-66-116(112-111-76)38-41-134-43-45-136-47-49-138-51-53-140-55-54-139-52-50-137-48-46-135-44-42-133-40-32-92(120)115-36-34-114(35-37-115)84-29-26-77(61-80(84)103(104,105)106)118-93-79-60-74(75-25-31-91(131-9)109-64-75)24-28-82(79)108-65-86(93)113(7)101(118)128/h11-13,18-19,24-26,28-29,31,57,60-61,64-67,69-70,72-73,78,81,83,85,88-90,95-96,122-123,129H,14-17,20-23,27,30,32-56,58-59,62-63,107H2,1-10H3,(H,110,127)/b13-11+,18-12+,68-19+,71-57+/t67-,69-,70-,72-,73+,78+,81-,83+,85+,88-,89+,90-,95-,96+,102-/m1/s1. The summed E-state index contributed by atoms with van der Waals surface area (Å²) in [5.74, 6) is -9.22. The van der Waals surface area contributed by atoms with Crippen LogP contribution >= 0.6 is 0 Å². The number of piperidine rings is 1. The largest absolute Gasteiger partial charge is 0.481 e. The van der Waals surface area contributed by atoms with E-state index in [0.29, 0.717) is 197 Å². The Balaban J connectivity index is 0.507. The number of aliphatic hydroxyl groups is 3. The summed E-state index contributed by atoms with van der Waals surface area (Å²) in [5, 5.41) is 46.8. The summed E-state index contributed by atoms with van der Waals surface area (Å²) in [6.45, 7) is 17.5. The maximum atomic E-state index is 15.0. The van der Waals surface area contributed by atoms with Crippen molar-refractivity contribution in [3.63, 3.8) is 0 Å². The van der Waals surface area contributed by atoms with E-state index in [1.807, 2.05) is 37.4 Å². The number of rotatable bonds is 42. The topological polar surface area (TPSA) is 441 Å². The highest BCUT2D eigenvalue weighted by molar-refractivity contribution is 6.39. The van der Waals surface area contributed by atoms with E-state index in [1.54, 1.807) is 105 Å². The second-order valence-corrected chi connectivity index (χ2v) is 37.5. The summed E-state index contributed by atoms with van der Waals surface area (Å²) >= 11 is 0. The molecule has 1 aliphatic carbocycles. The molecule has 5 aliphatic rings. The first-order chi connectivity index (χ1) is 68.8. The van der Waals surface area contributed by atoms with Crippen LogP contribution in [0, 0.1) is 29.6 Å². The minimum Gasteiger partial charge on any atom is -0.481 e. The van der Waals surface area contributed by atoms with Crippen LogP contribution < -0.4 is 26.4 Å². The number of unbranched alkanes of at least 4 members (excludes halogenated alkanes) is 1. The van der Waals surface area contributed by atoms with Gasteiger partial charge in [0.2, 0.25) is 17.6 Å². The molecule has 143 heavy (non-hydrogen) atoms. The average Bonchev–Trinajstić information content (AvgIpc) is 1.58. The zero-order valence-corrected chi connectivity index (χ0v) is 84.0. The molecule has 2 bridgehead atoms. The zero-order chi connectivity index (χ0) is 103. The van der Waals surface area contributed by atoms with Crippen LogP contribution in [0.25, 0.3) is 38.8 Å². The molecule has 40 heteroatoms. The number of cyclic esters (lactones) is 1. The Morgan fingerprint density at radius 2 is 1.35 bits per heavy atom. The molecule has 1 saturated carbocycles. The third-order valence-electron chi connectivity index (χ3n) is 27.2. The number of ketones is 3. The SMILES string of the molecule is COC(=O)N[C@H]1C[C@@H]2CC[C@@H](C)[C@@](O)(O2)C(=O)C(=O)N2CCCC[C@H]2C(=O)O[C@H]([C@H](N)C[C@@H]2CC[C@@H](OCCCCc3cn(CCOCCOCCOCCOCCOCCOCCOCCOCCC(=O)N4CCN(c5ccc(-n6c(=O)n(C)c7cnc8ccc(-c9ccc(OC)nc9)cc8c76)cc5C(F)(F)F)CC4)nn3)[C@H](OC)C2)CC(=O)[C@H](C)/C=C(\C)[C@@H](O)[C@@H](O)C(=O)[C@H](C)C[C@H](C)/C=C/C=C/C=C/1C. The van der Waals surface area contributed by atoms with Crippen molar-refractivity contribution in [2.24, 2.45) is 42.4 Å². The molecule has 3 saturated heterocycles. The van der Waals surface area contributed by atoms with Crippen molar-refractivity contribution in [1.82, 2.24) is 49.2 Å². The number of methoxy groups -OCH3 is 3. The number of anilines is 1. The molecule has 37 nitrogen and oxygen atoms in total. The highest BCUT2D eigenvalue weighted by Crippen LogP contribution is 2.42. The molecular formula is C103H145F3N12O25. The van der Waals surface area contributed by atoms with Gasteiger partial charge in [-0.2, -0.15) is 13.2 Å². The van der Waals surface area contributed by atoms with Gasteiger partial charge in [-0.15, -0.1) is 5.10 Å². The minimum absolute atomic E-state index is 0.0233. The quantitative estimate of drug-likeness (QED) is 0.0103. The number of halogens is 3. The van der Waals surface area contributed by atoms with Crippen molar-refractivity contribution in [1.29, 1.82) is 0 Å². The first kappa shape index (κ1) is 113. The summed E-state index contributed by atoms with van der Waals surface area (Å²) in [6, 6.07) is 10.1. The number of nitrogens with one attached hydrogen (secondary N) is 1. The molecule has 4 fully saturated rings. The monoisotopic (exact) mass is 2010 g/mol. The molecule has 6 N–H and O–H groups in total. The van der Waals surface area contributed by atoms with E-state index in [2.05, 4.69) is 25.6 Å². The number of hydrogen-bond acceptors (Lipinski definition) is 31. The number of aliphatic hydroxyl groups excluding tert-OH is 2. The Morgan fingerprint density at radius 1 is 0.685 bits per heavy atom. The number of benzene rings is 2. The number of aryl methyl sites for hydroxylation is 2. The molecule has 0 spiro atoms. The Bertz CT molecular complexity index is 5290. The summed E-state index contributed by atoms with van der Waals surface area (Å²) in [5.41, 5.74) is 10.3. The number of piperazine rings is 1. The van der Waals surface area contributed by atoms with Crippen molar-refractivity contribution in [3.8, 4) is 22.7 Å². The highest BCUT2D eigenvalue weighted by Gasteiger charge is 2.54. The van der Waals surface area contributed by atoms with E-state index >= 15 is 13.2 Å². The van der Waals surface area contributed by atoms with Crippen LogP contribution in [0.1, 0.15) is 149 Å². The maximum Gasteiger partial charge on any atom is 0.418 e. The number of Topliss-reactive ketones (excluding diaryl/α,β-unsaturated/α-hetero) is 3. The zero-order valence-electron chi connectivity index (χ0n) is 84.0. The number of carbonyl (C=O) groups is 7. The molecule has 6 aromatic rings. The number of esters is 1. The van der Waals surface area contributed by atoms with Crippen LogP contribution in [-0.4, -0.2) is 327 Å². The van der Waals surface area contributed by atoms with E-state index in [0.717, 1.165) is 40.6 Å². The average molecular weight is 2010 g/mol. The summed E-state index contributed by atoms with van der Waals surface area (Å²) in [7, 11) is 5.93. The molecule has 15 atom stereocenters. The number of alkyl carbamates (subject to hydrolysis) is 1. The van der Waals surface area contributed by atoms with Gasteiger partial charge in [0.25, 0.3) is 11.7 Å². The van der Waals surface area contributed by atoms with E-state index < -0.39 is 119 Å². The van der Waals surface area contributed by atoms with Gasteiger partial charge >= 0.3 is 23.9 Å². The lowest BCUT2D eigenvalue weighted by Gasteiger charge is -2.43. The lowest BCUT2D eigenvalue weighted by atomic mass is 9.80. The second-order valence-electron chi connectivity index (χ2n) is 37.5. The Morgan fingerprint density at radius 3 is 1.99 bits per heavy atom. The fourth-order valence-corrected chi connectivity index (χ4v) is 18.7. The fourth-order valence-electron chi connectivity index (χ4n) is 18.7. The molecule has 0 radical (unpaired) electrons. The third-order valence-corrected chi connectivity index (χ3v) is 27.2. The van der Waals surface area contributed by atoms with E-state index in [9.17, 15) is 53.7 Å². The van der Waals surface area contributed by atoms with Crippen molar-refractivity contribution >= 4 is 68.9 Å². The van der Waals surface area contributed by atoms with Crippen molar-refractivity contribution in [2.75, 3.05) is 171 Å². The first-order valence-electron chi connectivity index (χ1n) is 49.9. The third kappa shape index (κ3) is 32.7. The van der Waals surface area contributed by atoms with Gasteiger partial charge in [0.05, 0.1) is 197 Å². The summed E-state index contributed by atoms with van der Waals surface area (Å²) < 4.78 is 130. The Labute approximate surface area is 832 Å². The lowest BCUT2D eigenvalue weighted by molar-refractivity contribution is -0.264. The predicted molar refractivity (Wildman–Crippen MR) is 523 cm³/mol. The number of nitrogens with two attached hydrogens (primary N) is 1.